The Labute approximate surface area is 157 Å². The highest BCUT2D eigenvalue weighted by atomic mass is 32.2. The minimum atomic E-state index is -0.244. The Kier molecular flexibility index (Phi) is 5.86. The molecule has 0 radical (unpaired) electrons. The van der Waals surface area contributed by atoms with Crippen molar-refractivity contribution in [2.75, 3.05) is 5.75 Å². The number of ether oxygens (including phenoxy) is 1. The highest BCUT2D eigenvalue weighted by Gasteiger charge is 2.41. The van der Waals surface area contributed by atoms with Crippen LogP contribution in [0.25, 0.3) is 0 Å². The average molecular weight is 376 g/mol. The molecule has 0 aromatic heterocycles. The highest BCUT2D eigenvalue weighted by molar-refractivity contribution is 8.14. The Bertz CT molecular complexity index is 673. The van der Waals surface area contributed by atoms with Crippen LogP contribution in [0, 0.1) is 0 Å². The number of amides is 3. The van der Waals surface area contributed by atoms with E-state index in [-0.39, 0.29) is 41.0 Å². The Balaban J connectivity index is 1.68. The van der Waals surface area contributed by atoms with Gasteiger partial charge in [-0.3, -0.25) is 19.3 Å². The van der Waals surface area contributed by atoms with Crippen molar-refractivity contribution in [3.63, 3.8) is 0 Å². The Hall–Kier alpha value is -2.02. The number of hydrogen-bond acceptors (Lipinski definition) is 5. The molecule has 1 aliphatic carbocycles. The fourth-order valence-corrected chi connectivity index (χ4v) is 4.24. The first-order valence-corrected chi connectivity index (χ1v) is 10.0. The number of benzene rings is 1. The summed E-state index contributed by atoms with van der Waals surface area (Å²) in [4.78, 5) is 38.1. The second-order valence-electron chi connectivity index (χ2n) is 6.94. The van der Waals surface area contributed by atoms with Crippen LogP contribution in [0.5, 0.6) is 5.75 Å². The molecule has 26 heavy (non-hydrogen) atoms. The van der Waals surface area contributed by atoms with Gasteiger partial charge >= 0.3 is 0 Å². The van der Waals surface area contributed by atoms with E-state index in [0.717, 1.165) is 43.2 Å². The van der Waals surface area contributed by atoms with Crippen molar-refractivity contribution < 1.29 is 19.1 Å². The third-order valence-corrected chi connectivity index (χ3v) is 5.49. The molecular weight excluding hydrogens is 352 g/mol. The van der Waals surface area contributed by atoms with E-state index in [9.17, 15) is 14.4 Å². The van der Waals surface area contributed by atoms with Crippen LogP contribution >= 0.6 is 11.8 Å². The maximum atomic E-state index is 12.6. The minimum absolute atomic E-state index is 0.0751. The smallest absolute Gasteiger partial charge is 0.289 e. The van der Waals surface area contributed by atoms with Crippen LogP contribution in [-0.2, 0) is 4.79 Å². The van der Waals surface area contributed by atoms with Crippen LogP contribution in [0.1, 0.15) is 49.9 Å². The third kappa shape index (κ3) is 4.20. The van der Waals surface area contributed by atoms with Crippen molar-refractivity contribution in [2.24, 2.45) is 0 Å². The molecule has 2 atom stereocenters. The summed E-state index contributed by atoms with van der Waals surface area (Å²) in [5.41, 5.74) is 0.541. The van der Waals surface area contributed by atoms with Crippen LogP contribution in [0.3, 0.4) is 0 Å². The van der Waals surface area contributed by atoms with Crippen LogP contribution in [0.15, 0.2) is 24.3 Å². The molecule has 6 nitrogen and oxygen atoms in total. The van der Waals surface area contributed by atoms with Crippen molar-refractivity contribution in [1.82, 2.24) is 10.2 Å². The Morgan fingerprint density at radius 1 is 1.19 bits per heavy atom. The summed E-state index contributed by atoms with van der Waals surface area (Å²) < 4.78 is 5.59. The lowest BCUT2D eigenvalue weighted by Gasteiger charge is -2.36. The molecule has 0 bridgehead atoms. The molecule has 1 saturated carbocycles. The second-order valence-corrected chi connectivity index (χ2v) is 7.87. The zero-order valence-corrected chi connectivity index (χ0v) is 15.9. The number of nitrogens with one attached hydrogen (secondary N) is 1. The van der Waals surface area contributed by atoms with Crippen molar-refractivity contribution >= 4 is 28.8 Å². The molecule has 3 amide bonds. The van der Waals surface area contributed by atoms with Gasteiger partial charge in [-0.15, -0.1) is 0 Å². The van der Waals surface area contributed by atoms with Gasteiger partial charge in [-0.2, -0.15) is 0 Å². The average Bonchev–Trinajstić information content (AvgIpc) is 2.94. The minimum Gasteiger partial charge on any atom is -0.491 e. The standard InChI is InChI=1S/C19H24N2O4S/c1-12(2)25-14-9-7-13(8-10-14)18(23)20-15-5-3-4-6-16(15)21-17(22)11-26-19(21)24/h7-10,12,15-16H,3-6,11H2,1-2H3,(H,20,23). The SMILES string of the molecule is CC(C)Oc1ccc(C(=O)NC2CCCCC2N2C(=O)CSC2=O)cc1. The van der Waals surface area contributed by atoms with Crippen molar-refractivity contribution in [2.45, 2.75) is 57.7 Å². The number of hydrogen-bond donors (Lipinski definition) is 1. The maximum Gasteiger partial charge on any atom is 0.289 e. The van der Waals surface area contributed by atoms with Crippen molar-refractivity contribution in [1.29, 1.82) is 0 Å². The van der Waals surface area contributed by atoms with Gasteiger partial charge in [-0.05, 0) is 51.0 Å². The third-order valence-electron chi connectivity index (χ3n) is 4.65. The predicted molar refractivity (Wildman–Crippen MR) is 100 cm³/mol. The van der Waals surface area contributed by atoms with E-state index in [1.54, 1.807) is 24.3 Å². The summed E-state index contributed by atoms with van der Waals surface area (Å²) in [6.07, 6.45) is 3.52. The fourth-order valence-electron chi connectivity index (χ4n) is 3.48. The lowest BCUT2D eigenvalue weighted by molar-refractivity contribution is -0.127. The molecule has 1 aromatic rings. The molecule has 1 heterocycles. The van der Waals surface area contributed by atoms with Gasteiger partial charge in [0.25, 0.3) is 11.1 Å². The highest BCUT2D eigenvalue weighted by Crippen LogP contribution is 2.30. The largest absolute Gasteiger partial charge is 0.491 e. The van der Waals surface area contributed by atoms with E-state index in [0.29, 0.717) is 5.56 Å². The molecule has 1 saturated heterocycles. The zero-order valence-electron chi connectivity index (χ0n) is 15.1. The first kappa shape index (κ1) is 18.8. The molecule has 7 heteroatoms. The van der Waals surface area contributed by atoms with E-state index >= 15 is 0 Å². The van der Waals surface area contributed by atoms with Gasteiger partial charge in [0.15, 0.2) is 0 Å². The molecule has 1 aromatic carbocycles. The van der Waals surface area contributed by atoms with Gasteiger partial charge in [-0.1, -0.05) is 24.6 Å². The fraction of sp³-hybridized carbons (Fsp3) is 0.526. The number of carbonyl (C=O) groups excluding carboxylic acids is 3. The quantitative estimate of drug-likeness (QED) is 0.854. The molecule has 1 aliphatic heterocycles. The molecular formula is C19H24N2O4S. The number of carbonyl (C=O) groups is 3. The summed E-state index contributed by atoms with van der Waals surface area (Å²) in [6.45, 7) is 3.89. The van der Waals surface area contributed by atoms with Crippen molar-refractivity contribution in [3.05, 3.63) is 29.8 Å². The summed E-state index contributed by atoms with van der Waals surface area (Å²) >= 11 is 1.04. The number of imide groups is 1. The lowest BCUT2D eigenvalue weighted by atomic mass is 9.89. The van der Waals surface area contributed by atoms with Crippen molar-refractivity contribution in [3.8, 4) is 5.75 Å². The van der Waals surface area contributed by atoms with E-state index in [1.165, 1.54) is 4.90 Å². The second kappa shape index (κ2) is 8.12. The predicted octanol–water partition coefficient (Wildman–Crippen LogP) is 3.21. The lowest BCUT2D eigenvalue weighted by Crippen LogP contribution is -2.54. The summed E-state index contributed by atoms with van der Waals surface area (Å²) in [6, 6.07) is 6.56. The number of nitrogens with zero attached hydrogens (tertiary/aromatic N) is 1. The molecule has 3 rings (SSSR count). The van der Waals surface area contributed by atoms with Crippen LogP contribution in [-0.4, -0.2) is 45.9 Å². The van der Waals surface area contributed by atoms with Gasteiger partial charge in [0, 0.05) is 5.56 Å². The van der Waals surface area contributed by atoms with E-state index in [4.69, 9.17) is 4.74 Å². The molecule has 2 aliphatic rings. The van der Waals surface area contributed by atoms with Crippen LogP contribution in [0.4, 0.5) is 4.79 Å². The molecule has 0 spiro atoms. The first-order chi connectivity index (χ1) is 12.5. The topological polar surface area (TPSA) is 75.7 Å². The van der Waals surface area contributed by atoms with E-state index in [1.807, 2.05) is 13.8 Å². The molecule has 2 fully saturated rings. The van der Waals surface area contributed by atoms with Gasteiger partial charge in [-0.25, -0.2) is 0 Å². The summed E-state index contributed by atoms with van der Waals surface area (Å²) in [5, 5.41) is 2.83. The number of rotatable bonds is 5. The maximum absolute atomic E-state index is 12.6. The summed E-state index contributed by atoms with van der Waals surface area (Å²) in [7, 11) is 0. The monoisotopic (exact) mass is 376 g/mol. The first-order valence-electron chi connectivity index (χ1n) is 9.02. The normalized spacial score (nSPS) is 23.4. The molecule has 2 unspecified atom stereocenters. The van der Waals surface area contributed by atoms with Gasteiger partial charge < -0.3 is 10.1 Å². The number of thioether (sulfide) groups is 1. The Morgan fingerprint density at radius 3 is 2.50 bits per heavy atom. The molecule has 1 N–H and O–H groups in total. The van der Waals surface area contributed by atoms with Gasteiger partial charge in [0.2, 0.25) is 5.91 Å². The molecule has 140 valence electrons. The summed E-state index contributed by atoms with van der Waals surface area (Å²) in [5.74, 6) is 0.580. The van der Waals surface area contributed by atoms with Gasteiger partial charge in [0.1, 0.15) is 5.75 Å². The Morgan fingerprint density at radius 2 is 1.88 bits per heavy atom. The van der Waals surface area contributed by atoms with Gasteiger partial charge in [0.05, 0.1) is 23.9 Å². The zero-order chi connectivity index (χ0) is 18.7. The van der Waals surface area contributed by atoms with Crippen LogP contribution in [0.2, 0.25) is 0 Å². The van der Waals surface area contributed by atoms with Crippen LogP contribution < -0.4 is 10.1 Å². The van der Waals surface area contributed by atoms with E-state index < -0.39 is 0 Å². The van der Waals surface area contributed by atoms with E-state index in [2.05, 4.69) is 5.32 Å².